The maximum Gasteiger partial charge on any atom is 0.271 e. The van der Waals surface area contributed by atoms with E-state index in [9.17, 15) is 4.79 Å². The lowest BCUT2D eigenvalue weighted by Gasteiger charge is -2.09. The van der Waals surface area contributed by atoms with E-state index in [4.69, 9.17) is 11.6 Å². The topological polar surface area (TPSA) is 57.8 Å². The van der Waals surface area contributed by atoms with Crippen LogP contribution < -0.4 is 10.9 Å². The van der Waals surface area contributed by atoms with Crippen LogP contribution in [-0.4, -0.2) is 17.0 Å². The van der Waals surface area contributed by atoms with Crippen molar-refractivity contribution < 1.29 is 0 Å². The highest BCUT2D eigenvalue weighted by Crippen LogP contribution is 2.16. The van der Waals surface area contributed by atoms with Gasteiger partial charge in [0.05, 0.1) is 17.1 Å². The highest BCUT2D eigenvalue weighted by Gasteiger charge is 2.10. The molecular formula is C11H12ClN3O. The third-order valence-electron chi connectivity index (χ3n) is 2.52. The fourth-order valence-electron chi connectivity index (χ4n) is 1.50. The second kappa shape index (κ2) is 4.23. The van der Waals surface area contributed by atoms with Crippen molar-refractivity contribution in [3.05, 3.63) is 39.3 Å². The highest BCUT2D eigenvalue weighted by molar-refractivity contribution is 6.31. The van der Waals surface area contributed by atoms with E-state index < -0.39 is 0 Å². The molecule has 1 atom stereocenters. The van der Waals surface area contributed by atoms with Crippen molar-refractivity contribution in [1.82, 2.24) is 15.3 Å². The van der Waals surface area contributed by atoms with Crippen molar-refractivity contribution in [1.29, 1.82) is 0 Å². The summed E-state index contributed by atoms with van der Waals surface area (Å²) in [6.07, 6.45) is 0. The van der Waals surface area contributed by atoms with Crippen molar-refractivity contribution in [2.45, 2.75) is 13.0 Å². The first kappa shape index (κ1) is 11.1. The predicted octanol–water partition coefficient (Wildman–Crippen LogP) is 1.86. The Balaban J connectivity index is 2.69. The minimum absolute atomic E-state index is 0.0906. The largest absolute Gasteiger partial charge is 0.319 e. The Bertz CT molecular complexity index is 579. The van der Waals surface area contributed by atoms with Gasteiger partial charge in [-0.15, -0.1) is 0 Å². The molecule has 0 unspecified atom stereocenters. The number of rotatable bonds is 2. The van der Waals surface area contributed by atoms with Crippen LogP contribution in [0.5, 0.6) is 0 Å². The summed E-state index contributed by atoms with van der Waals surface area (Å²) in [5.74, 6) is 0. The molecule has 1 aromatic heterocycles. The van der Waals surface area contributed by atoms with E-state index in [1.165, 1.54) is 0 Å². The molecule has 0 aliphatic heterocycles. The van der Waals surface area contributed by atoms with Crippen molar-refractivity contribution in [2.24, 2.45) is 0 Å². The monoisotopic (exact) mass is 237 g/mol. The summed E-state index contributed by atoms with van der Waals surface area (Å²) >= 11 is 5.88. The first-order chi connectivity index (χ1) is 7.61. The van der Waals surface area contributed by atoms with E-state index in [0.29, 0.717) is 21.7 Å². The lowest BCUT2D eigenvalue weighted by molar-refractivity contribution is 0.626. The molecular weight excluding hydrogens is 226 g/mol. The van der Waals surface area contributed by atoms with Crippen LogP contribution in [0.25, 0.3) is 11.0 Å². The predicted molar refractivity (Wildman–Crippen MR) is 64.8 cm³/mol. The summed E-state index contributed by atoms with van der Waals surface area (Å²) in [7, 11) is 1.79. The summed E-state index contributed by atoms with van der Waals surface area (Å²) in [5, 5.41) is 3.59. The zero-order chi connectivity index (χ0) is 11.7. The molecule has 1 heterocycles. The fourth-order valence-corrected chi connectivity index (χ4v) is 1.67. The van der Waals surface area contributed by atoms with Gasteiger partial charge in [0.2, 0.25) is 0 Å². The second-order valence-electron chi connectivity index (χ2n) is 3.62. The molecule has 0 saturated carbocycles. The van der Waals surface area contributed by atoms with Gasteiger partial charge in [-0.1, -0.05) is 11.6 Å². The number of halogens is 1. The van der Waals surface area contributed by atoms with Gasteiger partial charge in [-0.25, -0.2) is 4.98 Å². The average molecular weight is 238 g/mol. The zero-order valence-electron chi connectivity index (χ0n) is 9.04. The quantitative estimate of drug-likeness (QED) is 0.838. The molecule has 0 fully saturated rings. The van der Waals surface area contributed by atoms with Gasteiger partial charge in [0.25, 0.3) is 5.56 Å². The molecule has 5 heteroatoms. The molecule has 1 aromatic carbocycles. The first-order valence-electron chi connectivity index (χ1n) is 4.98. The summed E-state index contributed by atoms with van der Waals surface area (Å²) in [5.41, 5.74) is 1.69. The molecule has 0 spiro atoms. The number of H-pyrrole nitrogens is 1. The van der Waals surface area contributed by atoms with Crippen LogP contribution in [0.4, 0.5) is 0 Å². The van der Waals surface area contributed by atoms with Gasteiger partial charge in [-0.2, -0.15) is 0 Å². The maximum absolute atomic E-state index is 11.7. The van der Waals surface area contributed by atoms with Gasteiger partial charge in [-0.3, -0.25) is 4.79 Å². The number of nitrogens with one attached hydrogen (secondary N) is 2. The number of aromatic amines is 1. The molecule has 84 valence electrons. The van der Waals surface area contributed by atoms with E-state index in [-0.39, 0.29) is 11.6 Å². The number of benzene rings is 1. The van der Waals surface area contributed by atoms with E-state index in [1.807, 2.05) is 6.92 Å². The summed E-state index contributed by atoms with van der Waals surface area (Å²) < 4.78 is 0. The molecule has 2 aromatic rings. The van der Waals surface area contributed by atoms with Gasteiger partial charge in [0, 0.05) is 5.02 Å². The molecule has 0 bridgehead atoms. The Morgan fingerprint density at radius 1 is 1.50 bits per heavy atom. The molecule has 0 amide bonds. The number of hydrogen-bond donors (Lipinski definition) is 2. The Kier molecular flexibility index (Phi) is 2.94. The van der Waals surface area contributed by atoms with Crippen molar-refractivity contribution in [2.75, 3.05) is 7.05 Å². The van der Waals surface area contributed by atoms with Crippen LogP contribution in [0, 0.1) is 0 Å². The SMILES string of the molecule is CN[C@@H](C)c1nc2cc(Cl)ccc2[nH]c1=O. The van der Waals surface area contributed by atoms with Crippen molar-refractivity contribution in [3.8, 4) is 0 Å². The second-order valence-corrected chi connectivity index (χ2v) is 4.06. The van der Waals surface area contributed by atoms with E-state index in [2.05, 4.69) is 15.3 Å². The minimum Gasteiger partial charge on any atom is -0.319 e. The third kappa shape index (κ3) is 1.94. The fraction of sp³-hybridized carbons (Fsp3) is 0.273. The van der Waals surface area contributed by atoms with Crippen molar-refractivity contribution >= 4 is 22.6 Å². The summed E-state index contributed by atoms with van der Waals surface area (Å²) in [6, 6.07) is 5.12. The number of hydrogen-bond acceptors (Lipinski definition) is 3. The molecule has 0 saturated heterocycles. The van der Waals surface area contributed by atoms with Gasteiger partial charge in [-0.05, 0) is 32.2 Å². The highest BCUT2D eigenvalue weighted by atomic mass is 35.5. The molecule has 0 aliphatic carbocycles. The van der Waals surface area contributed by atoms with Gasteiger partial charge >= 0.3 is 0 Å². The average Bonchev–Trinajstić information content (AvgIpc) is 2.28. The van der Waals surface area contributed by atoms with E-state index in [1.54, 1.807) is 25.2 Å². The maximum atomic E-state index is 11.7. The normalized spacial score (nSPS) is 12.9. The number of nitrogens with zero attached hydrogens (tertiary/aromatic N) is 1. The molecule has 16 heavy (non-hydrogen) atoms. The van der Waals surface area contributed by atoms with Gasteiger partial charge in [0.15, 0.2) is 0 Å². The Morgan fingerprint density at radius 2 is 2.25 bits per heavy atom. The van der Waals surface area contributed by atoms with Crippen LogP contribution in [0.2, 0.25) is 5.02 Å². The molecule has 0 aliphatic rings. The smallest absolute Gasteiger partial charge is 0.271 e. The van der Waals surface area contributed by atoms with Crippen LogP contribution in [0.3, 0.4) is 0 Å². The molecule has 0 radical (unpaired) electrons. The Morgan fingerprint density at radius 3 is 2.94 bits per heavy atom. The zero-order valence-corrected chi connectivity index (χ0v) is 9.80. The Hall–Kier alpha value is -1.39. The van der Waals surface area contributed by atoms with Crippen LogP contribution in [0.1, 0.15) is 18.7 Å². The lowest BCUT2D eigenvalue weighted by atomic mass is 10.2. The standard InChI is InChI=1S/C11H12ClN3O/c1-6(13-2)10-11(16)15-8-4-3-7(12)5-9(8)14-10/h3-6,13H,1-2H3,(H,15,16)/t6-/m0/s1. The summed E-state index contributed by atoms with van der Waals surface area (Å²) in [6.45, 7) is 1.88. The number of fused-ring (bicyclic) bond motifs is 1. The molecule has 4 nitrogen and oxygen atoms in total. The van der Waals surface area contributed by atoms with Gasteiger partial charge < -0.3 is 10.3 Å². The molecule has 2 N–H and O–H groups in total. The van der Waals surface area contributed by atoms with Crippen LogP contribution in [-0.2, 0) is 0 Å². The lowest BCUT2D eigenvalue weighted by Crippen LogP contribution is -2.24. The van der Waals surface area contributed by atoms with E-state index in [0.717, 1.165) is 0 Å². The summed E-state index contributed by atoms with van der Waals surface area (Å²) in [4.78, 5) is 18.8. The van der Waals surface area contributed by atoms with Crippen LogP contribution >= 0.6 is 11.6 Å². The minimum atomic E-state index is -0.170. The Labute approximate surface area is 97.7 Å². The van der Waals surface area contributed by atoms with Crippen LogP contribution in [0.15, 0.2) is 23.0 Å². The third-order valence-corrected chi connectivity index (χ3v) is 2.76. The van der Waals surface area contributed by atoms with Crippen molar-refractivity contribution in [3.63, 3.8) is 0 Å². The molecule has 2 rings (SSSR count). The number of aromatic nitrogens is 2. The van der Waals surface area contributed by atoms with E-state index >= 15 is 0 Å². The first-order valence-corrected chi connectivity index (χ1v) is 5.36. The van der Waals surface area contributed by atoms with Gasteiger partial charge in [0.1, 0.15) is 5.69 Å².